The molecule has 1 fully saturated rings. The van der Waals surface area contributed by atoms with E-state index < -0.39 is 0 Å². The van der Waals surface area contributed by atoms with Crippen molar-refractivity contribution >= 4 is 39.0 Å². The highest BCUT2D eigenvalue weighted by atomic mass is 32.1. The molecule has 5 rings (SSSR count). The summed E-state index contributed by atoms with van der Waals surface area (Å²) in [7, 11) is 4.04. The highest BCUT2D eigenvalue weighted by Gasteiger charge is 2.27. The van der Waals surface area contributed by atoms with Crippen molar-refractivity contribution in [1.29, 1.82) is 0 Å². The number of rotatable bonds is 7. The lowest BCUT2D eigenvalue weighted by Gasteiger charge is -2.31. The Kier molecular flexibility index (Phi) is 6.96. The first kappa shape index (κ1) is 24.3. The van der Waals surface area contributed by atoms with Gasteiger partial charge in [-0.05, 0) is 61.1 Å². The second kappa shape index (κ2) is 10.3. The Morgan fingerprint density at radius 1 is 1.11 bits per heavy atom. The predicted octanol–water partition coefficient (Wildman–Crippen LogP) is 5.74. The molecule has 0 radical (unpaired) electrons. The molecule has 188 valence electrons. The number of amides is 1. The summed E-state index contributed by atoms with van der Waals surface area (Å²) in [6.07, 6.45) is 5.59. The van der Waals surface area contributed by atoms with Crippen molar-refractivity contribution in [2.45, 2.75) is 39.8 Å². The van der Waals surface area contributed by atoms with Crippen LogP contribution in [0.5, 0.6) is 0 Å². The third-order valence-corrected chi connectivity index (χ3v) is 8.21. The van der Waals surface area contributed by atoms with E-state index in [1.54, 1.807) is 12.6 Å². The second-order valence-corrected chi connectivity index (χ2v) is 10.9. The monoisotopic (exact) mass is 503 g/mol. The Morgan fingerprint density at radius 2 is 1.86 bits per heavy atom. The summed E-state index contributed by atoms with van der Waals surface area (Å²) < 4.78 is 5.61. The molecule has 3 aromatic heterocycles. The van der Waals surface area contributed by atoms with Gasteiger partial charge >= 0.3 is 0 Å². The highest BCUT2D eigenvalue weighted by molar-refractivity contribution is 7.20. The normalized spacial score (nSPS) is 14.4. The molecule has 1 aromatic carbocycles. The summed E-state index contributed by atoms with van der Waals surface area (Å²) in [5, 5.41) is 1.01. The van der Waals surface area contributed by atoms with Crippen LogP contribution >= 0.6 is 11.3 Å². The molecule has 4 heterocycles. The van der Waals surface area contributed by atoms with E-state index in [-0.39, 0.29) is 5.91 Å². The van der Waals surface area contributed by atoms with E-state index in [2.05, 4.69) is 51.0 Å². The number of aryl methyl sites for hydroxylation is 1. The molecule has 0 aliphatic carbocycles. The molecule has 1 amide bonds. The van der Waals surface area contributed by atoms with Crippen molar-refractivity contribution < 1.29 is 9.21 Å². The average Bonchev–Trinajstić information content (AvgIpc) is 3.52. The first-order valence-electron chi connectivity index (χ1n) is 12.5. The lowest BCUT2D eigenvalue weighted by atomic mass is 9.99. The number of benzene rings is 1. The van der Waals surface area contributed by atoms with Gasteiger partial charge in [0.05, 0.1) is 23.1 Å². The first-order valence-corrected chi connectivity index (χ1v) is 13.3. The zero-order valence-electron chi connectivity index (χ0n) is 21.4. The lowest BCUT2D eigenvalue weighted by Crippen LogP contribution is -2.33. The molecular formula is C28H33N5O2S. The van der Waals surface area contributed by atoms with E-state index in [0.717, 1.165) is 70.5 Å². The SMILES string of the molecule is Cc1c(C(=O)N(Cc2ccc(N(C)C)cc2)Cc2ccco2)sc2ncnc(N3CCC(C)CC3)c12. The van der Waals surface area contributed by atoms with Crippen molar-refractivity contribution in [1.82, 2.24) is 14.9 Å². The zero-order chi connectivity index (χ0) is 25.2. The van der Waals surface area contributed by atoms with Crippen molar-refractivity contribution in [3.63, 3.8) is 0 Å². The van der Waals surface area contributed by atoms with Gasteiger partial charge in [0.2, 0.25) is 0 Å². The molecule has 8 heteroatoms. The molecule has 0 saturated carbocycles. The first-order chi connectivity index (χ1) is 17.4. The fraction of sp³-hybridized carbons (Fsp3) is 0.393. The minimum absolute atomic E-state index is 0.0122. The van der Waals surface area contributed by atoms with Gasteiger partial charge in [0.1, 0.15) is 22.7 Å². The standard InChI is InChI=1S/C28H33N5O2S/c1-19-11-13-32(14-12-19)26-24-20(2)25(36-27(24)30-18-29-26)28(34)33(17-23-6-5-15-35-23)16-21-7-9-22(10-8-21)31(3)4/h5-10,15,18-19H,11-14,16-17H2,1-4H3. The maximum atomic E-state index is 14.0. The number of fused-ring (bicyclic) bond motifs is 1. The minimum Gasteiger partial charge on any atom is -0.467 e. The molecule has 1 aliphatic rings. The minimum atomic E-state index is -0.0122. The molecule has 4 aromatic rings. The third-order valence-electron chi connectivity index (χ3n) is 7.02. The van der Waals surface area contributed by atoms with Crippen LogP contribution in [0.4, 0.5) is 11.5 Å². The molecular weight excluding hydrogens is 470 g/mol. The van der Waals surface area contributed by atoms with Crippen LogP contribution in [0, 0.1) is 12.8 Å². The van der Waals surface area contributed by atoms with Crippen LogP contribution in [0.3, 0.4) is 0 Å². The Hall–Kier alpha value is -3.39. The number of anilines is 2. The van der Waals surface area contributed by atoms with Crippen molar-refractivity contribution in [3.8, 4) is 0 Å². The summed E-state index contributed by atoms with van der Waals surface area (Å²) in [4.78, 5) is 31.1. The van der Waals surface area contributed by atoms with Gasteiger partial charge in [-0.2, -0.15) is 0 Å². The van der Waals surface area contributed by atoms with Gasteiger partial charge in [-0.1, -0.05) is 19.1 Å². The number of aromatic nitrogens is 2. The third kappa shape index (κ3) is 4.95. The second-order valence-electron chi connectivity index (χ2n) is 9.90. The average molecular weight is 504 g/mol. The number of nitrogens with zero attached hydrogens (tertiary/aromatic N) is 5. The number of hydrogen-bond donors (Lipinski definition) is 0. The molecule has 1 saturated heterocycles. The van der Waals surface area contributed by atoms with Crippen molar-refractivity contribution in [2.24, 2.45) is 5.92 Å². The summed E-state index contributed by atoms with van der Waals surface area (Å²) in [6, 6.07) is 12.1. The van der Waals surface area contributed by atoms with Crippen LogP contribution in [0.1, 0.15) is 46.3 Å². The Morgan fingerprint density at radius 3 is 2.53 bits per heavy atom. The predicted molar refractivity (Wildman–Crippen MR) is 146 cm³/mol. The van der Waals surface area contributed by atoms with Gasteiger partial charge < -0.3 is 19.1 Å². The van der Waals surface area contributed by atoms with E-state index in [1.165, 1.54) is 11.3 Å². The Labute approximate surface area is 216 Å². The molecule has 0 N–H and O–H groups in total. The van der Waals surface area contributed by atoms with Crippen LogP contribution in [0.25, 0.3) is 10.2 Å². The highest BCUT2D eigenvalue weighted by Crippen LogP contribution is 2.37. The van der Waals surface area contributed by atoms with Crippen LogP contribution in [0.2, 0.25) is 0 Å². The van der Waals surface area contributed by atoms with Crippen molar-refractivity contribution in [3.05, 3.63) is 70.8 Å². The van der Waals surface area contributed by atoms with Gasteiger partial charge in [0.25, 0.3) is 5.91 Å². The van der Waals surface area contributed by atoms with Gasteiger partial charge in [-0.25, -0.2) is 9.97 Å². The van der Waals surface area contributed by atoms with Crippen LogP contribution < -0.4 is 9.80 Å². The number of piperidine rings is 1. The summed E-state index contributed by atoms with van der Waals surface area (Å²) >= 11 is 1.46. The molecule has 1 aliphatic heterocycles. The summed E-state index contributed by atoms with van der Waals surface area (Å²) in [5.74, 6) is 2.44. The van der Waals surface area contributed by atoms with Gasteiger partial charge in [0.15, 0.2) is 0 Å². The maximum Gasteiger partial charge on any atom is 0.265 e. The van der Waals surface area contributed by atoms with Gasteiger partial charge in [-0.3, -0.25) is 4.79 Å². The molecule has 0 bridgehead atoms. The molecule has 7 nitrogen and oxygen atoms in total. The van der Waals surface area contributed by atoms with Crippen LogP contribution in [0.15, 0.2) is 53.4 Å². The van der Waals surface area contributed by atoms with Crippen LogP contribution in [-0.4, -0.2) is 48.0 Å². The van der Waals surface area contributed by atoms with E-state index in [1.807, 2.05) is 38.1 Å². The number of thiophene rings is 1. The smallest absolute Gasteiger partial charge is 0.265 e. The van der Waals surface area contributed by atoms with E-state index >= 15 is 0 Å². The molecule has 0 atom stereocenters. The number of carbonyl (C=O) groups is 1. The van der Waals surface area contributed by atoms with E-state index in [9.17, 15) is 4.79 Å². The molecule has 36 heavy (non-hydrogen) atoms. The molecule has 0 unspecified atom stereocenters. The number of carbonyl (C=O) groups excluding carboxylic acids is 1. The molecule has 0 spiro atoms. The number of furan rings is 1. The van der Waals surface area contributed by atoms with Gasteiger partial charge in [-0.15, -0.1) is 11.3 Å². The maximum absolute atomic E-state index is 14.0. The quantitative estimate of drug-likeness (QED) is 0.321. The number of hydrogen-bond acceptors (Lipinski definition) is 7. The van der Waals surface area contributed by atoms with E-state index in [4.69, 9.17) is 4.42 Å². The van der Waals surface area contributed by atoms with Crippen molar-refractivity contribution in [2.75, 3.05) is 37.0 Å². The zero-order valence-corrected chi connectivity index (χ0v) is 22.2. The Balaban J connectivity index is 1.47. The lowest BCUT2D eigenvalue weighted by molar-refractivity contribution is 0.0722. The fourth-order valence-electron chi connectivity index (χ4n) is 4.77. The summed E-state index contributed by atoms with van der Waals surface area (Å²) in [6.45, 7) is 7.20. The largest absolute Gasteiger partial charge is 0.467 e. The van der Waals surface area contributed by atoms with Gasteiger partial charge in [0, 0.05) is 39.4 Å². The van der Waals surface area contributed by atoms with Crippen LogP contribution in [-0.2, 0) is 13.1 Å². The summed E-state index contributed by atoms with van der Waals surface area (Å²) in [5.41, 5.74) is 3.16. The Bertz CT molecular complexity index is 1320. The van der Waals surface area contributed by atoms with E-state index in [0.29, 0.717) is 18.0 Å². The fourth-order valence-corrected chi connectivity index (χ4v) is 5.88. The topological polar surface area (TPSA) is 65.7 Å².